The van der Waals surface area contributed by atoms with Gasteiger partial charge in [0.25, 0.3) is 5.91 Å². The van der Waals surface area contributed by atoms with Crippen LogP contribution in [0.4, 0.5) is 0 Å². The van der Waals surface area contributed by atoms with E-state index in [1.54, 1.807) is 7.11 Å². The summed E-state index contributed by atoms with van der Waals surface area (Å²) in [5.41, 5.74) is 0.866. The van der Waals surface area contributed by atoms with Crippen LogP contribution in [0, 0.1) is 0 Å². The number of methoxy groups -OCH3 is 1. The Balaban J connectivity index is 2.47. The molecule has 180 valence electrons. The minimum atomic E-state index is -2.11. The van der Waals surface area contributed by atoms with Crippen LogP contribution in [0.25, 0.3) is 0 Å². The molecule has 0 saturated heterocycles. The van der Waals surface area contributed by atoms with Gasteiger partial charge in [0, 0.05) is 26.4 Å². The first-order chi connectivity index (χ1) is 15.5. The van der Waals surface area contributed by atoms with E-state index in [4.69, 9.17) is 13.9 Å². The van der Waals surface area contributed by atoms with Gasteiger partial charge in [0.15, 0.2) is 19.8 Å². The Labute approximate surface area is 196 Å². The lowest BCUT2D eigenvalue weighted by Crippen LogP contribution is -2.41. The number of carbonyl (C=O) groups excluding carboxylic acids is 1. The smallest absolute Gasteiger partial charge is 0.274 e. The standard InChI is InChI=1S/C24H35N3O5Si/c1-24(2,3)33(6,7)32-17-19-15-20(28)22(31-16-18-11-9-8-10-12-18)21(27(19)25-4)23(29)26-13-14-30-5/h8-12,15H,4,13-14,16-17H2,1-3,5-7H3,(H,26,29). The number of aromatic nitrogens is 1. The van der Waals surface area contributed by atoms with E-state index in [0.29, 0.717) is 12.3 Å². The van der Waals surface area contributed by atoms with E-state index in [1.807, 2.05) is 30.3 Å². The van der Waals surface area contributed by atoms with Crippen molar-refractivity contribution in [2.45, 2.75) is 52.1 Å². The predicted molar refractivity (Wildman–Crippen MR) is 133 cm³/mol. The summed E-state index contributed by atoms with van der Waals surface area (Å²) in [7, 11) is -0.568. The average Bonchev–Trinajstić information content (AvgIpc) is 2.76. The number of hydrogen-bond donors (Lipinski definition) is 1. The molecule has 0 atom stereocenters. The lowest BCUT2D eigenvalue weighted by atomic mass is 10.2. The summed E-state index contributed by atoms with van der Waals surface area (Å²) in [5, 5.41) is 6.76. The van der Waals surface area contributed by atoms with Crippen LogP contribution in [0.15, 0.2) is 46.3 Å². The maximum Gasteiger partial charge on any atom is 0.274 e. The molecule has 1 N–H and O–H groups in total. The van der Waals surface area contributed by atoms with E-state index in [1.165, 1.54) is 10.7 Å². The van der Waals surface area contributed by atoms with Gasteiger partial charge in [-0.25, -0.2) is 4.68 Å². The van der Waals surface area contributed by atoms with Crippen LogP contribution in [0.2, 0.25) is 18.1 Å². The molecule has 0 radical (unpaired) electrons. The first-order valence-electron chi connectivity index (χ1n) is 10.9. The van der Waals surface area contributed by atoms with Crippen LogP contribution in [0.1, 0.15) is 42.5 Å². The van der Waals surface area contributed by atoms with E-state index in [9.17, 15) is 9.59 Å². The van der Waals surface area contributed by atoms with Gasteiger partial charge in [0.2, 0.25) is 5.43 Å². The molecule has 9 heteroatoms. The summed E-state index contributed by atoms with van der Waals surface area (Å²) < 4.78 is 18.5. The molecule has 0 spiro atoms. The van der Waals surface area contributed by atoms with Crippen molar-refractivity contribution in [1.82, 2.24) is 9.99 Å². The number of hydrogen-bond acceptors (Lipinski definition) is 6. The highest BCUT2D eigenvalue weighted by Gasteiger charge is 2.37. The summed E-state index contributed by atoms with van der Waals surface area (Å²) in [5.74, 6) is -0.592. The molecule has 0 fully saturated rings. The Hall–Kier alpha value is -2.75. The monoisotopic (exact) mass is 473 g/mol. The van der Waals surface area contributed by atoms with Crippen molar-refractivity contribution in [1.29, 1.82) is 0 Å². The normalized spacial score (nSPS) is 11.8. The molecule has 1 aromatic carbocycles. The molecule has 2 rings (SSSR count). The fourth-order valence-electron chi connectivity index (χ4n) is 2.79. The first kappa shape index (κ1) is 26.5. The van der Waals surface area contributed by atoms with Crippen molar-refractivity contribution in [2.75, 3.05) is 20.3 Å². The Kier molecular flexibility index (Phi) is 9.15. The van der Waals surface area contributed by atoms with Gasteiger partial charge in [-0.05, 0) is 23.7 Å². The molecule has 1 heterocycles. The van der Waals surface area contributed by atoms with Crippen molar-refractivity contribution in [3.63, 3.8) is 0 Å². The third-order valence-corrected chi connectivity index (χ3v) is 10.3. The molecule has 0 unspecified atom stereocenters. The van der Waals surface area contributed by atoms with Gasteiger partial charge in [-0.3, -0.25) is 9.59 Å². The lowest BCUT2D eigenvalue weighted by Gasteiger charge is -2.36. The van der Waals surface area contributed by atoms with Gasteiger partial charge in [0.1, 0.15) is 6.61 Å². The Morgan fingerprint density at radius 1 is 1.18 bits per heavy atom. The van der Waals surface area contributed by atoms with E-state index in [-0.39, 0.29) is 36.2 Å². The minimum absolute atomic E-state index is 0.0151. The SMILES string of the molecule is C=Nn1c(CO[Si](C)(C)C(C)(C)C)cc(=O)c(OCc2ccccc2)c1C(=O)NCCOC. The van der Waals surface area contributed by atoms with Gasteiger partial charge in [-0.2, -0.15) is 5.10 Å². The molecular weight excluding hydrogens is 438 g/mol. The zero-order chi connectivity index (χ0) is 24.6. The van der Waals surface area contributed by atoms with Crippen molar-refractivity contribution in [3.8, 4) is 5.75 Å². The van der Waals surface area contributed by atoms with Gasteiger partial charge < -0.3 is 19.2 Å². The molecule has 33 heavy (non-hydrogen) atoms. The number of nitrogens with one attached hydrogen (secondary N) is 1. The number of pyridine rings is 1. The molecule has 2 aromatic rings. The highest BCUT2D eigenvalue weighted by atomic mass is 28.4. The minimum Gasteiger partial charge on any atom is -0.482 e. The number of nitrogens with zero attached hydrogens (tertiary/aromatic N) is 2. The quantitative estimate of drug-likeness (QED) is 0.305. The van der Waals surface area contributed by atoms with Gasteiger partial charge in [-0.1, -0.05) is 51.1 Å². The fraction of sp³-hybridized carbons (Fsp3) is 0.458. The predicted octanol–water partition coefficient (Wildman–Crippen LogP) is 3.79. The fourth-order valence-corrected chi connectivity index (χ4v) is 3.73. The average molecular weight is 474 g/mol. The van der Waals surface area contributed by atoms with Crippen LogP contribution in [-0.2, 0) is 22.4 Å². The van der Waals surface area contributed by atoms with Crippen LogP contribution in [0.5, 0.6) is 5.75 Å². The third kappa shape index (κ3) is 6.86. The van der Waals surface area contributed by atoms with Crippen molar-refractivity contribution >= 4 is 20.9 Å². The summed E-state index contributed by atoms with van der Waals surface area (Å²) in [6, 6.07) is 10.8. The second-order valence-corrected chi connectivity index (χ2v) is 14.0. The molecule has 1 aromatic heterocycles. The number of benzene rings is 1. The summed E-state index contributed by atoms with van der Waals surface area (Å²) in [6.45, 7) is 15.1. The molecule has 1 amide bonds. The van der Waals surface area contributed by atoms with Crippen LogP contribution < -0.4 is 15.5 Å². The largest absolute Gasteiger partial charge is 0.482 e. The van der Waals surface area contributed by atoms with E-state index in [2.05, 4.69) is 51.0 Å². The molecule has 0 bridgehead atoms. The Morgan fingerprint density at radius 3 is 2.42 bits per heavy atom. The number of carbonyl (C=O) groups is 1. The van der Waals surface area contributed by atoms with Crippen LogP contribution in [-0.4, -0.2) is 45.9 Å². The maximum absolute atomic E-state index is 13.1. The zero-order valence-corrected chi connectivity index (χ0v) is 21.4. The molecule has 0 aliphatic carbocycles. The summed E-state index contributed by atoms with van der Waals surface area (Å²) >= 11 is 0. The van der Waals surface area contributed by atoms with Crippen LogP contribution >= 0.6 is 0 Å². The second kappa shape index (κ2) is 11.4. The Morgan fingerprint density at radius 2 is 1.85 bits per heavy atom. The molecule has 0 aliphatic heterocycles. The van der Waals surface area contributed by atoms with E-state index in [0.717, 1.165) is 5.56 Å². The summed E-state index contributed by atoms with van der Waals surface area (Å²) in [4.78, 5) is 26.1. The lowest BCUT2D eigenvalue weighted by molar-refractivity contribution is 0.0921. The van der Waals surface area contributed by atoms with Gasteiger partial charge in [0.05, 0.1) is 18.9 Å². The number of amides is 1. The van der Waals surface area contributed by atoms with Crippen molar-refractivity contribution < 1.29 is 18.7 Å². The summed E-state index contributed by atoms with van der Waals surface area (Å²) in [6.07, 6.45) is 0. The van der Waals surface area contributed by atoms with E-state index < -0.39 is 19.7 Å². The zero-order valence-electron chi connectivity index (χ0n) is 20.4. The molecule has 0 aliphatic rings. The topological polar surface area (TPSA) is 91.2 Å². The van der Waals surface area contributed by atoms with Gasteiger partial charge in [-0.15, -0.1) is 0 Å². The van der Waals surface area contributed by atoms with E-state index >= 15 is 0 Å². The highest BCUT2D eigenvalue weighted by molar-refractivity contribution is 6.74. The number of ether oxygens (including phenoxy) is 2. The molecule has 8 nitrogen and oxygen atoms in total. The first-order valence-corrected chi connectivity index (χ1v) is 13.8. The molecule has 0 saturated carbocycles. The van der Waals surface area contributed by atoms with Gasteiger partial charge >= 0.3 is 0 Å². The number of rotatable bonds is 11. The highest BCUT2D eigenvalue weighted by Crippen LogP contribution is 2.37. The molecular formula is C24H35N3O5Si. The maximum atomic E-state index is 13.1. The van der Waals surface area contributed by atoms with Crippen molar-refractivity contribution in [2.24, 2.45) is 5.10 Å². The third-order valence-electron chi connectivity index (χ3n) is 5.78. The second-order valence-electron chi connectivity index (χ2n) is 9.20. The van der Waals surface area contributed by atoms with Crippen LogP contribution in [0.3, 0.4) is 0 Å². The Bertz CT molecular complexity index is 1010. The van der Waals surface area contributed by atoms with Crippen molar-refractivity contribution in [3.05, 3.63) is 63.6 Å².